The predicted octanol–water partition coefficient (Wildman–Crippen LogP) is 3.84. The molecule has 0 N–H and O–H groups in total. The first-order valence-corrected chi connectivity index (χ1v) is 11.6. The van der Waals surface area contributed by atoms with Gasteiger partial charge in [0.15, 0.2) is 0 Å². The van der Waals surface area contributed by atoms with Crippen molar-refractivity contribution >= 4 is 10.0 Å². The number of ether oxygens (including phenoxy) is 1. The molecule has 1 aliphatic heterocycles. The highest BCUT2D eigenvalue weighted by Crippen LogP contribution is 2.25. The number of benzene rings is 2. The van der Waals surface area contributed by atoms with Crippen LogP contribution in [0.15, 0.2) is 59.1 Å². The minimum absolute atomic E-state index is 0.0122. The molecule has 7 nitrogen and oxygen atoms in total. The summed E-state index contributed by atoms with van der Waals surface area (Å²) in [4.78, 5) is 4.39. The van der Waals surface area contributed by atoms with Gasteiger partial charge in [-0.2, -0.15) is 9.29 Å². The minimum atomic E-state index is -3.36. The van der Waals surface area contributed by atoms with E-state index >= 15 is 0 Å². The summed E-state index contributed by atoms with van der Waals surface area (Å²) in [6.07, 6.45) is 0.498. The lowest BCUT2D eigenvalue weighted by atomic mass is 10.2. The molecule has 0 spiro atoms. The Morgan fingerprint density at radius 3 is 2.53 bits per heavy atom. The van der Waals surface area contributed by atoms with E-state index in [0.717, 1.165) is 11.1 Å². The number of nitrogens with zero attached hydrogens (tertiary/aromatic N) is 3. The van der Waals surface area contributed by atoms with Crippen LogP contribution in [0.25, 0.3) is 11.4 Å². The van der Waals surface area contributed by atoms with Crippen LogP contribution in [0.1, 0.15) is 37.6 Å². The molecule has 0 amide bonds. The van der Waals surface area contributed by atoms with Gasteiger partial charge in [0.2, 0.25) is 21.7 Å². The van der Waals surface area contributed by atoms with E-state index < -0.39 is 10.0 Å². The maximum Gasteiger partial charge on any atom is 0.229 e. The first kappa shape index (κ1) is 20.6. The van der Waals surface area contributed by atoms with E-state index in [0.29, 0.717) is 37.0 Å². The molecule has 0 radical (unpaired) electrons. The molecular formula is C22H25N3O4S. The average molecular weight is 428 g/mol. The summed E-state index contributed by atoms with van der Waals surface area (Å²) in [5, 5.41) is 4.01. The number of rotatable bonds is 7. The van der Waals surface area contributed by atoms with Crippen molar-refractivity contribution in [2.45, 2.75) is 38.0 Å². The van der Waals surface area contributed by atoms with Gasteiger partial charge in [0.1, 0.15) is 11.9 Å². The maximum atomic E-state index is 12.7. The molecule has 1 fully saturated rings. The fraction of sp³-hybridized carbons (Fsp3) is 0.364. The molecule has 1 aliphatic rings. The van der Waals surface area contributed by atoms with Gasteiger partial charge in [-0.3, -0.25) is 0 Å². The van der Waals surface area contributed by atoms with Crippen molar-refractivity contribution in [1.82, 2.24) is 14.4 Å². The number of hydrogen-bond donors (Lipinski definition) is 0. The Kier molecular flexibility index (Phi) is 5.87. The summed E-state index contributed by atoms with van der Waals surface area (Å²) >= 11 is 0. The number of aromatic nitrogens is 2. The van der Waals surface area contributed by atoms with E-state index in [-0.39, 0.29) is 17.8 Å². The first-order valence-electron chi connectivity index (χ1n) is 10.0. The van der Waals surface area contributed by atoms with Gasteiger partial charge in [-0.15, -0.1) is 0 Å². The molecular weight excluding hydrogens is 402 g/mol. The van der Waals surface area contributed by atoms with Gasteiger partial charge in [-0.05, 0) is 36.2 Å². The molecule has 4 rings (SSSR count). The predicted molar refractivity (Wildman–Crippen MR) is 113 cm³/mol. The van der Waals surface area contributed by atoms with E-state index in [1.807, 2.05) is 68.4 Å². The molecule has 1 aromatic heterocycles. The van der Waals surface area contributed by atoms with Crippen molar-refractivity contribution in [1.29, 1.82) is 0 Å². The highest BCUT2D eigenvalue weighted by atomic mass is 32.2. The van der Waals surface area contributed by atoms with E-state index in [2.05, 4.69) is 10.1 Å². The van der Waals surface area contributed by atoms with Crippen molar-refractivity contribution in [2.24, 2.45) is 0 Å². The largest absolute Gasteiger partial charge is 0.489 e. The lowest BCUT2D eigenvalue weighted by molar-refractivity contribution is 0.215. The molecule has 1 saturated heterocycles. The lowest BCUT2D eigenvalue weighted by Crippen LogP contribution is -2.32. The van der Waals surface area contributed by atoms with Crippen LogP contribution in [0.3, 0.4) is 0 Å². The Balaban J connectivity index is 1.36. The van der Waals surface area contributed by atoms with Gasteiger partial charge >= 0.3 is 0 Å². The summed E-state index contributed by atoms with van der Waals surface area (Å²) in [5.74, 6) is 2.03. The third-order valence-corrected chi connectivity index (χ3v) is 6.86. The highest BCUT2D eigenvalue weighted by Gasteiger charge is 2.32. The van der Waals surface area contributed by atoms with E-state index in [1.54, 1.807) is 0 Å². The van der Waals surface area contributed by atoms with Crippen LogP contribution in [-0.4, -0.2) is 42.1 Å². The van der Waals surface area contributed by atoms with Crippen molar-refractivity contribution in [3.8, 4) is 17.1 Å². The van der Waals surface area contributed by atoms with Gasteiger partial charge in [-0.25, -0.2) is 8.42 Å². The Labute approximate surface area is 176 Å². The third kappa shape index (κ3) is 4.71. The monoisotopic (exact) mass is 427 g/mol. The van der Waals surface area contributed by atoms with E-state index in [4.69, 9.17) is 9.26 Å². The van der Waals surface area contributed by atoms with Gasteiger partial charge in [-0.1, -0.05) is 49.3 Å². The van der Waals surface area contributed by atoms with Crippen LogP contribution < -0.4 is 4.74 Å². The van der Waals surface area contributed by atoms with Crippen molar-refractivity contribution in [2.75, 3.05) is 13.1 Å². The summed E-state index contributed by atoms with van der Waals surface area (Å²) in [6.45, 7) is 4.83. The minimum Gasteiger partial charge on any atom is -0.489 e. The molecule has 0 aliphatic carbocycles. The zero-order valence-electron chi connectivity index (χ0n) is 17.1. The Morgan fingerprint density at radius 2 is 1.87 bits per heavy atom. The first-order chi connectivity index (χ1) is 14.4. The smallest absolute Gasteiger partial charge is 0.229 e. The number of sulfonamides is 1. The van der Waals surface area contributed by atoms with Gasteiger partial charge in [0.05, 0.1) is 12.3 Å². The lowest BCUT2D eigenvalue weighted by Gasteiger charge is -2.17. The van der Waals surface area contributed by atoms with Crippen molar-refractivity contribution in [3.63, 3.8) is 0 Å². The van der Waals surface area contributed by atoms with Crippen molar-refractivity contribution < 1.29 is 17.7 Å². The quantitative estimate of drug-likeness (QED) is 0.569. The van der Waals surface area contributed by atoms with Gasteiger partial charge in [0, 0.05) is 18.0 Å². The maximum absolute atomic E-state index is 12.7. The average Bonchev–Trinajstić information content (AvgIpc) is 3.39. The normalized spacial score (nSPS) is 17.5. The van der Waals surface area contributed by atoms with E-state index in [1.165, 1.54) is 4.31 Å². The van der Waals surface area contributed by atoms with Crippen LogP contribution in [0, 0.1) is 0 Å². The molecule has 30 heavy (non-hydrogen) atoms. The van der Waals surface area contributed by atoms with E-state index in [9.17, 15) is 8.42 Å². The van der Waals surface area contributed by atoms with Crippen LogP contribution in [0.5, 0.6) is 5.75 Å². The van der Waals surface area contributed by atoms with Crippen LogP contribution in [0.4, 0.5) is 0 Å². The summed E-state index contributed by atoms with van der Waals surface area (Å²) < 4.78 is 38.2. The Morgan fingerprint density at radius 1 is 1.13 bits per heavy atom. The third-order valence-electron chi connectivity index (χ3n) is 5.04. The van der Waals surface area contributed by atoms with Crippen LogP contribution >= 0.6 is 0 Å². The second-order valence-corrected chi connectivity index (χ2v) is 9.73. The standard InChI is InChI=1S/C22H25N3O4S/c1-16(2)22-23-21(24-29-22)18-8-10-19(11-9-18)28-20-12-13-25(14-20)30(26,27)15-17-6-4-3-5-7-17/h3-11,16,20H,12-15H2,1-2H3. The Hall–Kier alpha value is -2.71. The van der Waals surface area contributed by atoms with Crippen molar-refractivity contribution in [3.05, 3.63) is 66.1 Å². The summed E-state index contributed by atoms with van der Waals surface area (Å²) in [5.41, 5.74) is 1.64. The van der Waals surface area contributed by atoms with Crippen LogP contribution in [0.2, 0.25) is 0 Å². The zero-order valence-corrected chi connectivity index (χ0v) is 17.9. The molecule has 3 aromatic rings. The molecule has 0 saturated carbocycles. The molecule has 2 aromatic carbocycles. The summed E-state index contributed by atoms with van der Waals surface area (Å²) in [6, 6.07) is 16.7. The zero-order chi connectivity index (χ0) is 21.1. The topological polar surface area (TPSA) is 85.5 Å². The highest BCUT2D eigenvalue weighted by molar-refractivity contribution is 7.88. The van der Waals surface area contributed by atoms with Gasteiger partial charge in [0.25, 0.3) is 0 Å². The van der Waals surface area contributed by atoms with Crippen LogP contribution in [-0.2, 0) is 15.8 Å². The summed E-state index contributed by atoms with van der Waals surface area (Å²) in [7, 11) is -3.36. The molecule has 2 heterocycles. The molecule has 0 bridgehead atoms. The fourth-order valence-electron chi connectivity index (χ4n) is 3.38. The molecule has 158 valence electrons. The SMILES string of the molecule is CC(C)c1nc(-c2ccc(OC3CCN(S(=O)(=O)Cc4ccccc4)C3)cc2)no1. The fourth-order valence-corrected chi connectivity index (χ4v) is 4.96. The number of hydrogen-bond acceptors (Lipinski definition) is 6. The molecule has 8 heteroatoms. The Bertz CT molecular complexity index is 1080. The second kappa shape index (κ2) is 8.57. The second-order valence-electron chi connectivity index (χ2n) is 7.76. The van der Waals surface area contributed by atoms with Gasteiger partial charge < -0.3 is 9.26 Å². The molecule has 1 unspecified atom stereocenters. The molecule has 1 atom stereocenters.